The van der Waals surface area contributed by atoms with E-state index >= 15 is 0 Å². The van der Waals surface area contributed by atoms with Crippen molar-refractivity contribution < 1.29 is 9.53 Å². The van der Waals surface area contributed by atoms with Gasteiger partial charge in [0.25, 0.3) is 0 Å². The molecule has 1 saturated heterocycles. The van der Waals surface area contributed by atoms with Gasteiger partial charge in [-0.15, -0.1) is 25.0 Å². The fraction of sp³-hybridized carbons (Fsp3) is 0.526. The van der Waals surface area contributed by atoms with Crippen molar-refractivity contribution in [2.45, 2.75) is 44.6 Å². The van der Waals surface area contributed by atoms with Crippen LogP contribution in [0.5, 0.6) is 0 Å². The van der Waals surface area contributed by atoms with Crippen LogP contribution in [0.4, 0.5) is 10.5 Å². The van der Waals surface area contributed by atoms with Crippen molar-refractivity contribution in [1.82, 2.24) is 4.90 Å². The standard InChI is InChI=1S/C19H26N2O2S/c1-6-7-15-12-16(24)13-17(14(15)2)20-8-10-21(11-9-20)18(22)23-19(3,4)5/h1,12-13,24H,7-11H2,2-5H3. The van der Waals surface area contributed by atoms with Gasteiger partial charge in [0.05, 0.1) is 0 Å². The van der Waals surface area contributed by atoms with Crippen LogP contribution >= 0.6 is 12.6 Å². The number of amides is 1. The summed E-state index contributed by atoms with van der Waals surface area (Å²) in [5, 5.41) is 0. The van der Waals surface area contributed by atoms with Gasteiger partial charge in [-0.3, -0.25) is 0 Å². The maximum Gasteiger partial charge on any atom is 0.410 e. The fourth-order valence-corrected chi connectivity index (χ4v) is 3.10. The molecule has 4 nitrogen and oxygen atoms in total. The molecule has 0 spiro atoms. The van der Waals surface area contributed by atoms with E-state index in [1.165, 1.54) is 5.56 Å². The van der Waals surface area contributed by atoms with E-state index in [0.29, 0.717) is 19.5 Å². The van der Waals surface area contributed by atoms with Crippen molar-refractivity contribution in [3.63, 3.8) is 0 Å². The summed E-state index contributed by atoms with van der Waals surface area (Å²) in [6.45, 7) is 10.6. The molecule has 0 N–H and O–H groups in total. The molecule has 130 valence electrons. The SMILES string of the molecule is C#CCc1cc(S)cc(N2CCN(C(=O)OC(C)(C)C)CC2)c1C. The summed E-state index contributed by atoms with van der Waals surface area (Å²) in [6.07, 6.45) is 5.82. The van der Waals surface area contributed by atoms with Gasteiger partial charge in [-0.05, 0) is 51.0 Å². The molecule has 1 aliphatic rings. The molecule has 0 atom stereocenters. The van der Waals surface area contributed by atoms with Gasteiger partial charge in [-0.25, -0.2) is 4.79 Å². The lowest BCUT2D eigenvalue weighted by atomic mass is 10.0. The summed E-state index contributed by atoms with van der Waals surface area (Å²) in [4.78, 5) is 17.1. The van der Waals surface area contributed by atoms with E-state index in [0.717, 1.165) is 29.2 Å². The monoisotopic (exact) mass is 346 g/mol. The zero-order chi connectivity index (χ0) is 17.9. The van der Waals surface area contributed by atoms with E-state index in [1.54, 1.807) is 4.90 Å². The van der Waals surface area contributed by atoms with E-state index in [1.807, 2.05) is 26.8 Å². The number of benzene rings is 1. The second kappa shape index (κ2) is 7.40. The number of nitrogens with zero attached hydrogens (tertiary/aromatic N) is 2. The summed E-state index contributed by atoms with van der Waals surface area (Å²) < 4.78 is 5.45. The number of carbonyl (C=O) groups is 1. The van der Waals surface area contributed by atoms with Crippen molar-refractivity contribution in [2.24, 2.45) is 0 Å². The molecule has 1 heterocycles. The Morgan fingerprint density at radius 2 is 1.92 bits per heavy atom. The molecule has 1 amide bonds. The normalized spacial score (nSPS) is 15.2. The van der Waals surface area contributed by atoms with Crippen LogP contribution in [-0.4, -0.2) is 42.8 Å². The molecule has 0 saturated carbocycles. The summed E-state index contributed by atoms with van der Waals surface area (Å²) in [6, 6.07) is 4.10. The Morgan fingerprint density at radius 3 is 2.46 bits per heavy atom. The molecule has 0 aromatic heterocycles. The molecular weight excluding hydrogens is 320 g/mol. The average molecular weight is 346 g/mol. The quantitative estimate of drug-likeness (QED) is 0.657. The van der Waals surface area contributed by atoms with Gasteiger partial charge in [-0.2, -0.15) is 0 Å². The van der Waals surface area contributed by atoms with E-state index in [-0.39, 0.29) is 6.09 Å². The van der Waals surface area contributed by atoms with Crippen LogP contribution in [0.25, 0.3) is 0 Å². The van der Waals surface area contributed by atoms with Crippen molar-refractivity contribution in [2.75, 3.05) is 31.1 Å². The lowest BCUT2D eigenvalue weighted by molar-refractivity contribution is 0.0240. The maximum atomic E-state index is 12.2. The third-order valence-corrected chi connectivity index (χ3v) is 4.30. The van der Waals surface area contributed by atoms with Crippen LogP contribution in [0.15, 0.2) is 17.0 Å². The van der Waals surface area contributed by atoms with Gasteiger partial charge < -0.3 is 14.5 Å². The van der Waals surface area contributed by atoms with E-state index in [4.69, 9.17) is 11.2 Å². The lowest BCUT2D eigenvalue weighted by Crippen LogP contribution is -2.50. The number of hydrogen-bond donors (Lipinski definition) is 1. The van der Waals surface area contributed by atoms with Crippen LogP contribution in [0.3, 0.4) is 0 Å². The molecule has 5 heteroatoms. The maximum absolute atomic E-state index is 12.2. The highest BCUT2D eigenvalue weighted by Gasteiger charge is 2.26. The second-order valence-corrected chi connectivity index (χ2v) is 7.60. The first kappa shape index (κ1) is 18.5. The van der Waals surface area contributed by atoms with Crippen LogP contribution in [0.1, 0.15) is 31.9 Å². The molecular formula is C19H26N2O2S. The van der Waals surface area contributed by atoms with Crippen molar-refractivity contribution in [3.8, 4) is 12.3 Å². The molecule has 0 radical (unpaired) electrons. The second-order valence-electron chi connectivity index (χ2n) is 7.08. The smallest absolute Gasteiger partial charge is 0.410 e. The van der Waals surface area contributed by atoms with Gasteiger partial charge >= 0.3 is 6.09 Å². The molecule has 1 fully saturated rings. The van der Waals surface area contributed by atoms with Crippen LogP contribution in [0.2, 0.25) is 0 Å². The molecule has 2 rings (SSSR count). The van der Waals surface area contributed by atoms with Crippen molar-refractivity contribution in [1.29, 1.82) is 0 Å². The highest BCUT2D eigenvalue weighted by Crippen LogP contribution is 2.28. The number of ether oxygens (including phenoxy) is 1. The Balaban J connectivity index is 2.08. The lowest BCUT2D eigenvalue weighted by Gasteiger charge is -2.37. The highest BCUT2D eigenvalue weighted by atomic mass is 32.1. The van der Waals surface area contributed by atoms with E-state index in [9.17, 15) is 4.79 Å². The Kier molecular flexibility index (Phi) is 5.71. The zero-order valence-electron chi connectivity index (χ0n) is 14.9. The minimum Gasteiger partial charge on any atom is -0.444 e. The Labute approximate surface area is 150 Å². The molecule has 1 aliphatic heterocycles. The van der Waals surface area contributed by atoms with Gasteiger partial charge in [0, 0.05) is 43.2 Å². The van der Waals surface area contributed by atoms with Crippen LogP contribution < -0.4 is 4.90 Å². The minimum atomic E-state index is -0.463. The van der Waals surface area contributed by atoms with Crippen molar-refractivity contribution >= 4 is 24.4 Å². The summed E-state index contributed by atoms with van der Waals surface area (Å²) in [5.74, 6) is 2.70. The summed E-state index contributed by atoms with van der Waals surface area (Å²) >= 11 is 4.50. The first-order valence-electron chi connectivity index (χ1n) is 8.20. The number of piperazine rings is 1. The summed E-state index contributed by atoms with van der Waals surface area (Å²) in [7, 11) is 0. The molecule has 0 bridgehead atoms. The Morgan fingerprint density at radius 1 is 1.29 bits per heavy atom. The van der Waals surface area contributed by atoms with Crippen LogP contribution in [-0.2, 0) is 11.2 Å². The Bertz CT molecular complexity index is 651. The molecule has 0 aliphatic carbocycles. The molecule has 1 aromatic carbocycles. The number of thiol groups is 1. The van der Waals surface area contributed by atoms with E-state index < -0.39 is 5.60 Å². The zero-order valence-corrected chi connectivity index (χ0v) is 15.8. The van der Waals surface area contributed by atoms with Gasteiger partial charge in [0.1, 0.15) is 5.60 Å². The molecule has 0 unspecified atom stereocenters. The number of rotatable bonds is 2. The van der Waals surface area contributed by atoms with Crippen molar-refractivity contribution in [3.05, 3.63) is 23.3 Å². The summed E-state index contributed by atoms with van der Waals surface area (Å²) in [5.41, 5.74) is 3.01. The Hall–Kier alpha value is -1.80. The number of hydrogen-bond acceptors (Lipinski definition) is 4. The molecule has 1 aromatic rings. The predicted octanol–water partition coefficient (Wildman–Crippen LogP) is 3.52. The first-order chi connectivity index (χ1) is 11.2. The number of anilines is 1. The number of carbonyl (C=O) groups excluding carboxylic acids is 1. The average Bonchev–Trinajstić information content (AvgIpc) is 2.49. The number of terminal acetylenes is 1. The predicted molar refractivity (Wildman–Crippen MR) is 101 cm³/mol. The minimum absolute atomic E-state index is 0.241. The molecule has 24 heavy (non-hydrogen) atoms. The van der Waals surface area contributed by atoms with Gasteiger partial charge in [-0.1, -0.05) is 0 Å². The van der Waals surface area contributed by atoms with Gasteiger partial charge in [0.2, 0.25) is 0 Å². The topological polar surface area (TPSA) is 32.8 Å². The highest BCUT2D eigenvalue weighted by molar-refractivity contribution is 7.80. The first-order valence-corrected chi connectivity index (χ1v) is 8.65. The largest absolute Gasteiger partial charge is 0.444 e. The third-order valence-electron chi connectivity index (χ3n) is 4.04. The van der Waals surface area contributed by atoms with E-state index in [2.05, 4.69) is 36.4 Å². The van der Waals surface area contributed by atoms with Gasteiger partial charge in [0.15, 0.2) is 0 Å². The fourth-order valence-electron chi connectivity index (χ4n) is 2.82. The van der Waals surface area contributed by atoms with Crippen LogP contribution in [0, 0.1) is 19.3 Å². The third kappa shape index (κ3) is 4.61.